The molecule has 0 unspecified atom stereocenters. The Morgan fingerprint density at radius 3 is 2.67 bits per heavy atom. The molecule has 0 aromatic heterocycles. The van der Waals surface area contributed by atoms with Crippen LogP contribution >= 0.6 is 0 Å². The van der Waals surface area contributed by atoms with Crippen LogP contribution in [-0.4, -0.2) is 50.1 Å². The minimum atomic E-state index is 0.692. The van der Waals surface area contributed by atoms with Crippen LogP contribution in [-0.2, 0) is 0 Å². The van der Waals surface area contributed by atoms with E-state index in [-0.39, 0.29) is 0 Å². The number of hydrogen-bond acceptors (Lipinski definition) is 3. The summed E-state index contributed by atoms with van der Waals surface area (Å²) in [5.41, 5.74) is 0. The summed E-state index contributed by atoms with van der Waals surface area (Å²) in [5.74, 6) is 0.869. The van der Waals surface area contributed by atoms with Gasteiger partial charge in [0, 0.05) is 13.0 Å². The third-order valence-corrected chi connectivity index (χ3v) is 3.24. The zero-order valence-electron chi connectivity index (χ0n) is 10.1. The third-order valence-electron chi connectivity index (χ3n) is 3.24. The summed E-state index contributed by atoms with van der Waals surface area (Å²) in [7, 11) is 4.38. The standard InChI is InChI=1S/C12H23N3/c1-14-9-5-12(6-10-14)11-15(2)8-4-3-7-13/h12H,3-6,8-11H2,1-2H3. The molecule has 3 nitrogen and oxygen atoms in total. The number of likely N-dealkylation sites (tertiary alicyclic amines) is 1. The Morgan fingerprint density at radius 1 is 1.40 bits per heavy atom. The first kappa shape index (κ1) is 12.5. The highest BCUT2D eigenvalue weighted by molar-refractivity contribution is 4.74. The Kier molecular flexibility index (Phi) is 5.67. The fourth-order valence-corrected chi connectivity index (χ4v) is 2.20. The van der Waals surface area contributed by atoms with Crippen molar-refractivity contribution in [2.75, 3.05) is 40.3 Å². The summed E-state index contributed by atoms with van der Waals surface area (Å²) >= 11 is 0. The molecule has 1 fully saturated rings. The fraction of sp³-hybridized carbons (Fsp3) is 0.917. The highest BCUT2D eigenvalue weighted by Gasteiger charge is 2.17. The summed E-state index contributed by atoms with van der Waals surface area (Å²) in [5, 5.41) is 8.46. The molecule has 0 atom stereocenters. The van der Waals surface area contributed by atoms with Gasteiger partial charge >= 0.3 is 0 Å². The van der Waals surface area contributed by atoms with E-state index in [1.54, 1.807) is 0 Å². The fourth-order valence-electron chi connectivity index (χ4n) is 2.20. The van der Waals surface area contributed by atoms with Crippen molar-refractivity contribution in [2.24, 2.45) is 5.92 Å². The van der Waals surface area contributed by atoms with Gasteiger partial charge in [-0.1, -0.05) is 0 Å². The summed E-state index contributed by atoms with van der Waals surface area (Å²) in [6, 6.07) is 2.20. The van der Waals surface area contributed by atoms with Crippen molar-refractivity contribution in [1.82, 2.24) is 9.80 Å². The zero-order valence-corrected chi connectivity index (χ0v) is 10.1. The van der Waals surface area contributed by atoms with E-state index in [1.165, 1.54) is 32.5 Å². The minimum absolute atomic E-state index is 0.692. The summed E-state index contributed by atoms with van der Waals surface area (Å²) in [6.45, 7) is 4.77. The molecule has 1 aliphatic heterocycles. The molecule has 0 N–H and O–H groups in total. The summed E-state index contributed by atoms with van der Waals surface area (Å²) in [6.07, 6.45) is 4.37. The van der Waals surface area contributed by atoms with Crippen LogP contribution in [0.25, 0.3) is 0 Å². The van der Waals surface area contributed by atoms with Crippen LogP contribution in [0.4, 0.5) is 0 Å². The molecule has 0 amide bonds. The molecule has 0 aromatic rings. The number of rotatable bonds is 5. The molecule has 0 radical (unpaired) electrons. The van der Waals surface area contributed by atoms with Gasteiger partial charge in [-0.05, 0) is 58.9 Å². The van der Waals surface area contributed by atoms with Crippen LogP contribution in [0, 0.1) is 17.2 Å². The van der Waals surface area contributed by atoms with Gasteiger partial charge in [-0.25, -0.2) is 0 Å². The Hall–Kier alpha value is -0.590. The van der Waals surface area contributed by atoms with Crippen LogP contribution in [0.5, 0.6) is 0 Å². The second-order valence-electron chi connectivity index (χ2n) is 4.77. The predicted molar refractivity (Wildman–Crippen MR) is 62.6 cm³/mol. The molecule has 1 saturated heterocycles. The predicted octanol–water partition coefficient (Wildman–Crippen LogP) is 1.56. The highest BCUT2D eigenvalue weighted by Crippen LogP contribution is 2.16. The normalized spacial score (nSPS) is 19.3. The number of piperidine rings is 1. The smallest absolute Gasteiger partial charge is 0.0622 e. The van der Waals surface area contributed by atoms with E-state index in [0.717, 1.165) is 18.9 Å². The van der Waals surface area contributed by atoms with Crippen molar-refractivity contribution in [3.05, 3.63) is 0 Å². The van der Waals surface area contributed by atoms with Crippen LogP contribution in [0.1, 0.15) is 25.7 Å². The zero-order chi connectivity index (χ0) is 11.1. The van der Waals surface area contributed by atoms with Crippen LogP contribution in [0.3, 0.4) is 0 Å². The molecule has 86 valence electrons. The molecule has 15 heavy (non-hydrogen) atoms. The molecular weight excluding hydrogens is 186 g/mol. The molecule has 0 bridgehead atoms. The lowest BCUT2D eigenvalue weighted by molar-refractivity contribution is 0.176. The molecule has 0 aromatic carbocycles. The topological polar surface area (TPSA) is 30.3 Å². The van der Waals surface area contributed by atoms with Crippen molar-refractivity contribution in [2.45, 2.75) is 25.7 Å². The van der Waals surface area contributed by atoms with Crippen LogP contribution in [0.2, 0.25) is 0 Å². The first-order chi connectivity index (χ1) is 7.22. The van der Waals surface area contributed by atoms with E-state index in [0.29, 0.717) is 6.42 Å². The van der Waals surface area contributed by atoms with Crippen molar-refractivity contribution < 1.29 is 0 Å². The largest absolute Gasteiger partial charge is 0.306 e. The second kappa shape index (κ2) is 6.81. The van der Waals surface area contributed by atoms with Gasteiger partial charge in [0.25, 0.3) is 0 Å². The molecule has 3 heteroatoms. The van der Waals surface area contributed by atoms with Gasteiger partial charge in [0.05, 0.1) is 6.07 Å². The highest BCUT2D eigenvalue weighted by atomic mass is 15.1. The average molecular weight is 209 g/mol. The van der Waals surface area contributed by atoms with Crippen molar-refractivity contribution in [1.29, 1.82) is 5.26 Å². The van der Waals surface area contributed by atoms with Crippen molar-refractivity contribution >= 4 is 0 Å². The van der Waals surface area contributed by atoms with E-state index in [2.05, 4.69) is 30.0 Å². The van der Waals surface area contributed by atoms with E-state index >= 15 is 0 Å². The Balaban J connectivity index is 2.09. The number of unbranched alkanes of at least 4 members (excludes halogenated alkanes) is 1. The lowest BCUT2D eigenvalue weighted by Gasteiger charge is -2.31. The quantitative estimate of drug-likeness (QED) is 0.644. The average Bonchev–Trinajstić information content (AvgIpc) is 2.22. The molecule has 1 rings (SSSR count). The van der Waals surface area contributed by atoms with E-state index in [9.17, 15) is 0 Å². The van der Waals surface area contributed by atoms with E-state index < -0.39 is 0 Å². The molecule has 1 aliphatic rings. The molecule has 0 aliphatic carbocycles. The Labute approximate surface area is 93.7 Å². The second-order valence-corrected chi connectivity index (χ2v) is 4.77. The number of hydrogen-bond donors (Lipinski definition) is 0. The molecule has 0 saturated carbocycles. The maximum atomic E-state index is 8.46. The van der Waals surface area contributed by atoms with Gasteiger partial charge in [0.2, 0.25) is 0 Å². The first-order valence-corrected chi connectivity index (χ1v) is 5.96. The van der Waals surface area contributed by atoms with Gasteiger partial charge < -0.3 is 9.80 Å². The maximum Gasteiger partial charge on any atom is 0.0622 e. The molecule has 1 heterocycles. The van der Waals surface area contributed by atoms with Crippen LogP contribution < -0.4 is 0 Å². The first-order valence-electron chi connectivity index (χ1n) is 5.96. The van der Waals surface area contributed by atoms with E-state index in [4.69, 9.17) is 5.26 Å². The molecule has 0 spiro atoms. The summed E-state index contributed by atoms with van der Waals surface area (Å²) in [4.78, 5) is 4.79. The van der Waals surface area contributed by atoms with Gasteiger partial charge in [-0.2, -0.15) is 5.26 Å². The van der Waals surface area contributed by atoms with Gasteiger partial charge in [-0.3, -0.25) is 0 Å². The van der Waals surface area contributed by atoms with Gasteiger partial charge in [0.1, 0.15) is 0 Å². The summed E-state index contributed by atoms with van der Waals surface area (Å²) < 4.78 is 0. The van der Waals surface area contributed by atoms with Crippen molar-refractivity contribution in [3.63, 3.8) is 0 Å². The van der Waals surface area contributed by atoms with Gasteiger partial charge in [-0.15, -0.1) is 0 Å². The minimum Gasteiger partial charge on any atom is -0.306 e. The number of nitrogens with zero attached hydrogens (tertiary/aromatic N) is 3. The monoisotopic (exact) mass is 209 g/mol. The van der Waals surface area contributed by atoms with Gasteiger partial charge in [0.15, 0.2) is 0 Å². The number of nitriles is 1. The van der Waals surface area contributed by atoms with Crippen LogP contribution in [0.15, 0.2) is 0 Å². The molecular formula is C12H23N3. The maximum absolute atomic E-state index is 8.46. The lowest BCUT2D eigenvalue weighted by Crippen LogP contribution is -2.36. The van der Waals surface area contributed by atoms with Crippen molar-refractivity contribution in [3.8, 4) is 6.07 Å². The lowest BCUT2D eigenvalue weighted by atomic mass is 9.96. The Morgan fingerprint density at radius 2 is 2.07 bits per heavy atom. The SMILES string of the molecule is CN1CCC(CN(C)CCCC#N)CC1. The Bertz CT molecular complexity index is 201. The van der Waals surface area contributed by atoms with E-state index in [1.807, 2.05) is 0 Å². The third kappa shape index (κ3) is 5.15.